The van der Waals surface area contributed by atoms with E-state index < -0.39 is 44.7 Å². The molecule has 2 unspecified atom stereocenters. The predicted molar refractivity (Wildman–Crippen MR) is 67.2 cm³/mol. The lowest BCUT2D eigenvalue weighted by Crippen LogP contribution is -2.48. The Kier molecular flexibility index (Phi) is 5.94. The zero-order chi connectivity index (χ0) is 15.4. The molecule has 0 fully saturated rings. The third-order valence-electron chi connectivity index (χ3n) is 2.40. The summed E-state index contributed by atoms with van der Waals surface area (Å²) < 4.78 is 23.8. The second-order valence-corrected chi connectivity index (χ2v) is 6.66. The van der Waals surface area contributed by atoms with Crippen molar-refractivity contribution in [3.8, 4) is 0 Å². The van der Waals surface area contributed by atoms with Crippen LogP contribution in [0.4, 0.5) is 0 Å². The number of nitrogens with one attached hydrogen (secondary N) is 1. The van der Waals surface area contributed by atoms with Crippen LogP contribution in [0, 0.1) is 0 Å². The van der Waals surface area contributed by atoms with Crippen LogP contribution in [-0.2, 0) is 24.2 Å². The van der Waals surface area contributed by atoms with Crippen molar-refractivity contribution in [1.82, 2.24) is 10.2 Å². The molecule has 0 aromatic carbocycles. The molecule has 110 valence electrons. The van der Waals surface area contributed by atoms with E-state index in [1.165, 1.54) is 21.0 Å². The number of nitrogens with zero attached hydrogens (tertiary/aromatic N) is 1. The zero-order valence-corrected chi connectivity index (χ0v) is 12.0. The molecular weight excluding hydrogens is 276 g/mol. The highest BCUT2D eigenvalue weighted by atomic mass is 32.2. The summed E-state index contributed by atoms with van der Waals surface area (Å²) in [6, 6.07) is -1.57. The van der Waals surface area contributed by atoms with Crippen LogP contribution < -0.4 is 5.32 Å². The van der Waals surface area contributed by atoms with Crippen LogP contribution in [0.15, 0.2) is 0 Å². The molecule has 0 aliphatic carbocycles. The maximum atomic E-state index is 11.9. The van der Waals surface area contributed by atoms with Gasteiger partial charge in [0, 0.05) is 21.0 Å². The molecule has 0 aromatic heterocycles. The zero-order valence-electron chi connectivity index (χ0n) is 11.2. The van der Waals surface area contributed by atoms with Gasteiger partial charge in [0.05, 0.1) is 5.75 Å². The first-order valence-corrected chi connectivity index (χ1v) is 7.13. The van der Waals surface area contributed by atoms with Gasteiger partial charge < -0.3 is 15.3 Å². The second kappa shape index (κ2) is 6.50. The molecule has 9 heteroatoms. The van der Waals surface area contributed by atoms with Gasteiger partial charge in [0.2, 0.25) is 11.8 Å². The number of carboxylic acid groups (broad SMARTS) is 1. The summed E-state index contributed by atoms with van der Waals surface area (Å²) in [5, 5.41) is 9.49. The fraction of sp³-hybridized carbons (Fsp3) is 0.700. The molecule has 2 atom stereocenters. The minimum atomic E-state index is -3.98. The van der Waals surface area contributed by atoms with Crippen LogP contribution in [0.25, 0.3) is 0 Å². The Morgan fingerprint density at radius 2 is 1.74 bits per heavy atom. The second-order valence-electron chi connectivity index (χ2n) is 4.30. The summed E-state index contributed by atoms with van der Waals surface area (Å²) in [4.78, 5) is 34.4. The van der Waals surface area contributed by atoms with Gasteiger partial charge in [-0.3, -0.25) is 9.59 Å². The van der Waals surface area contributed by atoms with Crippen molar-refractivity contribution in [3.63, 3.8) is 0 Å². The summed E-state index contributed by atoms with van der Waals surface area (Å²) in [5.41, 5.74) is 0. The summed E-state index contributed by atoms with van der Waals surface area (Å²) in [6.07, 6.45) is 0. The molecule has 0 heterocycles. The average molecular weight is 294 g/mol. The predicted octanol–water partition coefficient (Wildman–Crippen LogP) is -1.53. The van der Waals surface area contributed by atoms with Crippen LogP contribution in [0.1, 0.15) is 13.8 Å². The SMILES string of the molecule is CC(=O)NC(CS(=O)(=O)C(C)C(=O)N(C)C)C(=O)O. The first kappa shape index (κ1) is 17.4. The third kappa shape index (κ3) is 5.25. The molecule has 8 nitrogen and oxygen atoms in total. The van der Waals surface area contributed by atoms with Gasteiger partial charge >= 0.3 is 5.97 Å². The molecule has 2 amide bonds. The lowest BCUT2D eigenvalue weighted by molar-refractivity contribution is -0.140. The molecular formula is C10H18N2O6S. The Morgan fingerprint density at radius 3 is 2.05 bits per heavy atom. The van der Waals surface area contributed by atoms with E-state index in [2.05, 4.69) is 0 Å². The summed E-state index contributed by atoms with van der Waals surface area (Å²) in [5.74, 6) is -3.60. The van der Waals surface area contributed by atoms with Gasteiger partial charge in [-0.15, -0.1) is 0 Å². The Hall–Kier alpha value is -1.64. The molecule has 2 N–H and O–H groups in total. The maximum absolute atomic E-state index is 11.9. The highest BCUT2D eigenvalue weighted by Crippen LogP contribution is 2.07. The molecule has 0 radical (unpaired) electrons. The lowest BCUT2D eigenvalue weighted by Gasteiger charge is -2.19. The third-order valence-corrected chi connectivity index (χ3v) is 4.48. The van der Waals surface area contributed by atoms with Crippen molar-refractivity contribution < 1.29 is 27.9 Å². The standard InChI is InChI=1S/C10H18N2O6S/c1-6(9(14)12(3)4)19(17,18)5-8(10(15)16)11-7(2)13/h6,8H,5H2,1-4H3,(H,11,13)(H,15,16). The number of carbonyl (C=O) groups is 3. The molecule has 0 aliphatic heterocycles. The van der Waals surface area contributed by atoms with Gasteiger partial charge in [-0.1, -0.05) is 0 Å². The van der Waals surface area contributed by atoms with Crippen molar-refractivity contribution in [2.45, 2.75) is 25.1 Å². The number of rotatable bonds is 6. The largest absolute Gasteiger partial charge is 0.480 e. The molecule has 0 aromatic rings. The Balaban J connectivity index is 5.06. The summed E-state index contributed by atoms with van der Waals surface area (Å²) >= 11 is 0. The van der Waals surface area contributed by atoms with E-state index >= 15 is 0 Å². The Labute approximate surface area is 111 Å². The number of aliphatic carboxylic acids is 1. The quantitative estimate of drug-likeness (QED) is 0.613. The maximum Gasteiger partial charge on any atom is 0.327 e. The fourth-order valence-electron chi connectivity index (χ4n) is 1.31. The molecule has 0 saturated carbocycles. The first-order valence-electron chi connectivity index (χ1n) is 5.41. The van der Waals surface area contributed by atoms with E-state index in [4.69, 9.17) is 5.11 Å². The van der Waals surface area contributed by atoms with Crippen molar-refractivity contribution in [3.05, 3.63) is 0 Å². The molecule has 0 spiro atoms. The number of hydrogen-bond donors (Lipinski definition) is 2. The van der Waals surface area contributed by atoms with Gasteiger partial charge in [-0.05, 0) is 6.92 Å². The van der Waals surface area contributed by atoms with E-state index in [-0.39, 0.29) is 0 Å². The van der Waals surface area contributed by atoms with Crippen molar-refractivity contribution in [2.75, 3.05) is 19.8 Å². The van der Waals surface area contributed by atoms with E-state index in [0.717, 1.165) is 11.8 Å². The van der Waals surface area contributed by atoms with Crippen LogP contribution in [0.2, 0.25) is 0 Å². The Bertz CT molecular complexity index is 470. The minimum Gasteiger partial charge on any atom is -0.480 e. The summed E-state index contributed by atoms with van der Waals surface area (Å²) in [7, 11) is -1.18. The smallest absolute Gasteiger partial charge is 0.327 e. The fourth-order valence-corrected chi connectivity index (χ4v) is 2.81. The first-order chi connectivity index (χ1) is 8.49. The number of sulfone groups is 1. The number of amides is 2. The van der Waals surface area contributed by atoms with E-state index in [0.29, 0.717) is 0 Å². The van der Waals surface area contributed by atoms with Gasteiger partial charge in [0.15, 0.2) is 9.84 Å². The van der Waals surface area contributed by atoms with Gasteiger partial charge in [0.1, 0.15) is 11.3 Å². The van der Waals surface area contributed by atoms with Crippen molar-refractivity contribution >= 4 is 27.6 Å². The monoisotopic (exact) mass is 294 g/mol. The normalized spacial score (nSPS) is 14.3. The van der Waals surface area contributed by atoms with E-state index in [9.17, 15) is 22.8 Å². The molecule has 0 saturated heterocycles. The lowest BCUT2D eigenvalue weighted by atomic mass is 10.3. The number of hydrogen-bond acceptors (Lipinski definition) is 5. The van der Waals surface area contributed by atoms with Crippen LogP contribution >= 0.6 is 0 Å². The van der Waals surface area contributed by atoms with E-state index in [1.54, 1.807) is 0 Å². The minimum absolute atomic E-state index is 0.646. The van der Waals surface area contributed by atoms with E-state index in [1.807, 2.05) is 5.32 Å². The average Bonchev–Trinajstić information content (AvgIpc) is 2.24. The van der Waals surface area contributed by atoms with Crippen LogP contribution in [0.3, 0.4) is 0 Å². The number of carboxylic acids is 1. The molecule has 19 heavy (non-hydrogen) atoms. The summed E-state index contributed by atoms with van der Waals surface area (Å²) in [6.45, 7) is 2.27. The van der Waals surface area contributed by atoms with Crippen molar-refractivity contribution in [1.29, 1.82) is 0 Å². The number of carbonyl (C=O) groups excluding carboxylic acids is 2. The van der Waals surface area contributed by atoms with Crippen molar-refractivity contribution in [2.24, 2.45) is 0 Å². The molecule has 0 rings (SSSR count). The van der Waals surface area contributed by atoms with Gasteiger partial charge in [0.25, 0.3) is 0 Å². The van der Waals surface area contributed by atoms with Crippen LogP contribution in [-0.4, -0.2) is 67.3 Å². The highest BCUT2D eigenvalue weighted by molar-refractivity contribution is 7.92. The topological polar surface area (TPSA) is 121 Å². The highest BCUT2D eigenvalue weighted by Gasteiger charge is 2.34. The molecule has 0 aliphatic rings. The molecule has 0 bridgehead atoms. The van der Waals surface area contributed by atoms with Gasteiger partial charge in [-0.25, -0.2) is 13.2 Å². The van der Waals surface area contributed by atoms with Crippen LogP contribution in [0.5, 0.6) is 0 Å². The Morgan fingerprint density at radius 1 is 1.26 bits per heavy atom. The van der Waals surface area contributed by atoms with Gasteiger partial charge in [-0.2, -0.15) is 0 Å².